The van der Waals surface area contributed by atoms with Gasteiger partial charge >= 0.3 is 0 Å². The monoisotopic (exact) mass is 401 g/mol. The van der Waals surface area contributed by atoms with Crippen molar-refractivity contribution < 1.29 is 19.4 Å². The first kappa shape index (κ1) is 19.3. The number of aliphatic hydroxyl groups excluding tert-OH is 1. The van der Waals surface area contributed by atoms with E-state index in [0.717, 1.165) is 5.56 Å². The number of Topliss-reactive ketones (excluding diaryl/α,β-unsaturated/α-hetero) is 1. The van der Waals surface area contributed by atoms with Gasteiger partial charge in [-0.05, 0) is 41.5 Å². The van der Waals surface area contributed by atoms with Gasteiger partial charge in [0.25, 0.3) is 11.7 Å². The number of pyridine rings is 2. The van der Waals surface area contributed by atoms with Crippen LogP contribution in [-0.4, -0.2) is 38.8 Å². The minimum absolute atomic E-state index is 0.00607. The predicted molar refractivity (Wildman–Crippen MR) is 109 cm³/mol. The van der Waals surface area contributed by atoms with E-state index >= 15 is 0 Å². The summed E-state index contributed by atoms with van der Waals surface area (Å²) in [6, 6.07) is 13.1. The molecule has 1 saturated heterocycles. The highest BCUT2D eigenvalue weighted by Gasteiger charge is 2.46. The average Bonchev–Trinajstić information content (AvgIpc) is 3.04. The van der Waals surface area contributed by atoms with E-state index in [9.17, 15) is 14.7 Å². The summed E-state index contributed by atoms with van der Waals surface area (Å²) in [7, 11) is 1.48. The second-order valence-electron chi connectivity index (χ2n) is 6.77. The van der Waals surface area contributed by atoms with Gasteiger partial charge in [-0.25, -0.2) is 0 Å². The van der Waals surface area contributed by atoms with Crippen molar-refractivity contribution in [3.8, 4) is 5.75 Å². The van der Waals surface area contributed by atoms with Gasteiger partial charge in [0.2, 0.25) is 0 Å². The quantitative estimate of drug-likeness (QED) is 0.401. The number of nitrogens with zero attached hydrogens (tertiary/aromatic N) is 3. The standard InChI is InChI=1S/C23H19N3O4/c1-30-18-7-3-2-6-17(18)21(27)19-20(16-5-4-10-25-13-16)26(23(29)22(19)28)14-15-8-11-24-12-9-15/h2-13,20,27H,14H2,1H3/b21-19-. The number of para-hydroxylation sites is 1. The fourth-order valence-corrected chi connectivity index (χ4v) is 3.60. The number of carbonyl (C=O) groups excluding carboxylic acids is 2. The molecule has 1 atom stereocenters. The molecule has 2 aromatic heterocycles. The summed E-state index contributed by atoms with van der Waals surface area (Å²) in [6.45, 7) is 0.190. The third kappa shape index (κ3) is 3.41. The van der Waals surface area contributed by atoms with E-state index in [1.165, 1.54) is 12.0 Å². The fourth-order valence-electron chi connectivity index (χ4n) is 3.60. The van der Waals surface area contributed by atoms with Crippen molar-refractivity contribution in [1.82, 2.24) is 14.9 Å². The summed E-state index contributed by atoms with van der Waals surface area (Å²) in [5.74, 6) is -1.31. The lowest BCUT2D eigenvalue weighted by molar-refractivity contribution is -0.140. The van der Waals surface area contributed by atoms with Crippen molar-refractivity contribution in [2.45, 2.75) is 12.6 Å². The molecule has 1 aliphatic rings. The van der Waals surface area contributed by atoms with Crippen LogP contribution in [0.3, 0.4) is 0 Å². The average molecular weight is 401 g/mol. The Bertz CT molecular complexity index is 1110. The minimum Gasteiger partial charge on any atom is -0.507 e. The number of hydrogen-bond acceptors (Lipinski definition) is 6. The first-order chi connectivity index (χ1) is 14.6. The number of ether oxygens (including phenoxy) is 1. The SMILES string of the molecule is COc1ccccc1/C(O)=C1/C(=O)C(=O)N(Cc2ccncc2)C1c1cccnc1. The molecule has 3 aromatic rings. The van der Waals surface area contributed by atoms with Crippen molar-refractivity contribution in [3.05, 3.63) is 95.6 Å². The molecular weight excluding hydrogens is 382 g/mol. The van der Waals surface area contributed by atoms with E-state index in [1.54, 1.807) is 73.3 Å². The molecule has 1 aliphatic heterocycles. The number of amides is 1. The van der Waals surface area contributed by atoms with Crippen molar-refractivity contribution in [2.75, 3.05) is 7.11 Å². The molecule has 4 rings (SSSR count). The molecule has 0 bridgehead atoms. The number of aromatic nitrogens is 2. The Kier molecular flexibility index (Phi) is 5.26. The van der Waals surface area contributed by atoms with Gasteiger partial charge in [0.1, 0.15) is 11.5 Å². The van der Waals surface area contributed by atoms with Crippen LogP contribution in [0, 0.1) is 0 Å². The molecule has 1 aromatic carbocycles. The maximum absolute atomic E-state index is 13.0. The van der Waals surface area contributed by atoms with Gasteiger partial charge in [-0.2, -0.15) is 0 Å². The highest BCUT2D eigenvalue weighted by molar-refractivity contribution is 6.46. The molecule has 1 amide bonds. The van der Waals surface area contributed by atoms with Gasteiger partial charge in [0.05, 0.1) is 24.3 Å². The molecule has 150 valence electrons. The van der Waals surface area contributed by atoms with Crippen LogP contribution in [0.5, 0.6) is 5.75 Å². The summed E-state index contributed by atoms with van der Waals surface area (Å²) in [5.41, 5.74) is 1.79. The normalized spacial score (nSPS) is 17.9. The number of carbonyl (C=O) groups is 2. The number of benzene rings is 1. The van der Waals surface area contributed by atoms with Crippen molar-refractivity contribution in [1.29, 1.82) is 0 Å². The zero-order valence-corrected chi connectivity index (χ0v) is 16.2. The van der Waals surface area contributed by atoms with Crippen LogP contribution in [0.1, 0.15) is 22.7 Å². The molecule has 0 saturated carbocycles. The van der Waals surface area contributed by atoms with E-state index in [2.05, 4.69) is 9.97 Å². The summed E-state index contributed by atoms with van der Waals surface area (Å²) < 4.78 is 5.33. The van der Waals surface area contributed by atoms with Gasteiger partial charge < -0.3 is 14.7 Å². The Balaban J connectivity index is 1.88. The smallest absolute Gasteiger partial charge is 0.295 e. The van der Waals surface area contributed by atoms with Crippen LogP contribution in [0.15, 0.2) is 78.9 Å². The molecule has 1 fully saturated rings. The second-order valence-corrected chi connectivity index (χ2v) is 6.77. The van der Waals surface area contributed by atoms with Crippen LogP contribution >= 0.6 is 0 Å². The van der Waals surface area contributed by atoms with Crippen LogP contribution < -0.4 is 4.74 Å². The second kappa shape index (κ2) is 8.16. The van der Waals surface area contributed by atoms with Gasteiger partial charge in [-0.1, -0.05) is 18.2 Å². The fraction of sp³-hybridized carbons (Fsp3) is 0.130. The molecule has 3 heterocycles. The number of methoxy groups -OCH3 is 1. The largest absolute Gasteiger partial charge is 0.507 e. The van der Waals surface area contributed by atoms with Crippen LogP contribution in [0.4, 0.5) is 0 Å². The third-order valence-electron chi connectivity index (χ3n) is 5.00. The highest BCUT2D eigenvalue weighted by atomic mass is 16.5. The summed E-state index contributed by atoms with van der Waals surface area (Å²) >= 11 is 0. The predicted octanol–water partition coefficient (Wildman–Crippen LogP) is 3.11. The van der Waals surface area contributed by atoms with Crippen molar-refractivity contribution >= 4 is 17.4 Å². The Morgan fingerprint density at radius 2 is 1.80 bits per heavy atom. The van der Waals surface area contributed by atoms with Gasteiger partial charge in [-0.3, -0.25) is 19.6 Å². The molecule has 7 nitrogen and oxygen atoms in total. The van der Waals surface area contributed by atoms with Gasteiger partial charge in [-0.15, -0.1) is 0 Å². The molecule has 30 heavy (non-hydrogen) atoms. The topological polar surface area (TPSA) is 92.6 Å². The van der Waals surface area contributed by atoms with E-state index in [1.807, 2.05) is 0 Å². The van der Waals surface area contributed by atoms with E-state index in [4.69, 9.17) is 4.74 Å². The molecule has 0 aliphatic carbocycles. The molecule has 7 heteroatoms. The number of rotatable bonds is 5. The highest BCUT2D eigenvalue weighted by Crippen LogP contribution is 2.41. The third-order valence-corrected chi connectivity index (χ3v) is 5.00. The Labute approximate surface area is 173 Å². The zero-order valence-electron chi connectivity index (χ0n) is 16.2. The number of ketones is 1. The number of aliphatic hydroxyl groups is 1. The maximum atomic E-state index is 13.0. The molecule has 1 unspecified atom stereocenters. The van der Waals surface area contributed by atoms with Crippen LogP contribution in [-0.2, 0) is 16.1 Å². The zero-order chi connectivity index (χ0) is 21.1. The maximum Gasteiger partial charge on any atom is 0.295 e. The van der Waals surface area contributed by atoms with Gasteiger partial charge in [0, 0.05) is 31.3 Å². The first-order valence-corrected chi connectivity index (χ1v) is 9.32. The summed E-state index contributed by atoms with van der Waals surface area (Å²) in [6.07, 6.45) is 6.45. The molecular formula is C23H19N3O4. The van der Waals surface area contributed by atoms with Gasteiger partial charge in [0.15, 0.2) is 0 Å². The summed E-state index contributed by atoms with van der Waals surface area (Å²) in [5, 5.41) is 11.1. The molecule has 0 radical (unpaired) electrons. The van der Waals surface area contributed by atoms with E-state index in [0.29, 0.717) is 16.9 Å². The van der Waals surface area contributed by atoms with Crippen molar-refractivity contribution in [3.63, 3.8) is 0 Å². The lowest BCUT2D eigenvalue weighted by atomic mass is 9.96. The van der Waals surface area contributed by atoms with E-state index in [-0.39, 0.29) is 17.9 Å². The molecule has 1 N–H and O–H groups in total. The Hall–Kier alpha value is -4.00. The molecule has 0 spiro atoms. The minimum atomic E-state index is -0.781. The lowest BCUT2D eigenvalue weighted by Gasteiger charge is -2.25. The Morgan fingerprint density at radius 3 is 2.50 bits per heavy atom. The van der Waals surface area contributed by atoms with E-state index < -0.39 is 17.7 Å². The summed E-state index contributed by atoms with van der Waals surface area (Å²) in [4.78, 5) is 35.5. The van der Waals surface area contributed by atoms with Crippen molar-refractivity contribution in [2.24, 2.45) is 0 Å². The number of hydrogen-bond donors (Lipinski definition) is 1. The van der Waals surface area contributed by atoms with Crippen LogP contribution in [0.2, 0.25) is 0 Å². The number of likely N-dealkylation sites (tertiary alicyclic amines) is 1. The lowest BCUT2D eigenvalue weighted by Crippen LogP contribution is -2.29. The Morgan fingerprint density at radius 1 is 1.03 bits per heavy atom. The van der Waals surface area contributed by atoms with Crippen LogP contribution in [0.25, 0.3) is 5.76 Å². The first-order valence-electron chi connectivity index (χ1n) is 9.32.